The van der Waals surface area contributed by atoms with Gasteiger partial charge < -0.3 is 10.3 Å². The highest BCUT2D eigenvalue weighted by Gasteiger charge is 2.16. The Balaban J connectivity index is 1.32. The van der Waals surface area contributed by atoms with Crippen molar-refractivity contribution in [2.45, 2.75) is 38.1 Å². The van der Waals surface area contributed by atoms with Gasteiger partial charge in [-0.25, -0.2) is 0 Å². The molecule has 0 aliphatic carbocycles. The van der Waals surface area contributed by atoms with E-state index < -0.39 is 0 Å². The SMILES string of the molecule is O=Cc1[nH]c2ccccc2c1CCCCC1CC(c2ccccc2)=CCN1. The summed E-state index contributed by atoms with van der Waals surface area (Å²) in [6, 6.07) is 19.4. The number of aromatic amines is 1. The Morgan fingerprint density at radius 2 is 1.81 bits per heavy atom. The van der Waals surface area contributed by atoms with Crippen LogP contribution in [0.15, 0.2) is 60.7 Å². The van der Waals surface area contributed by atoms with Crippen molar-refractivity contribution in [1.82, 2.24) is 10.3 Å². The molecule has 138 valence electrons. The number of fused-ring (bicyclic) bond motifs is 1. The maximum Gasteiger partial charge on any atom is 0.166 e. The number of para-hydroxylation sites is 1. The van der Waals surface area contributed by atoms with Gasteiger partial charge in [-0.3, -0.25) is 4.79 Å². The van der Waals surface area contributed by atoms with Crippen molar-refractivity contribution in [3.8, 4) is 0 Å². The maximum absolute atomic E-state index is 11.4. The highest BCUT2D eigenvalue weighted by Crippen LogP contribution is 2.26. The number of rotatable bonds is 7. The summed E-state index contributed by atoms with van der Waals surface area (Å²) in [4.78, 5) is 14.6. The monoisotopic (exact) mass is 358 g/mol. The van der Waals surface area contributed by atoms with Crippen LogP contribution in [-0.4, -0.2) is 23.9 Å². The molecule has 0 fully saturated rings. The van der Waals surface area contributed by atoms with Crippen LogP contribution in [-0.2, 0) is 6.42 Å². The van der Waals surface area contributed by atoms with Crippen molar-refractivity contribution in [2.75, 3.05) is 6.54 Å². The van der Waals surface area contributed by atoms with Crippen LogP contribution >= 0.6 is 0 Å². The lowest BCUT2D eigenvalue weighted by Gasteiger charge is -2.24. The topological polar surface area (TPSA) is 44.9 Å². The van der Waals surface area contributed by atoms with Gasteiger partial charge in [-0.1, -0.05) is 61.0 Å². The molecule has 0 saturated heterocycles. The molecule has 3 aromatic rings. The first kappa shape index (κ1) is 17.7. The highest BCUT2D eigenvalue weighted by atomic mass is 16.1. The first-order valence-corrected chi connectivity index (χ1v) is 9.88. The van der Waals surface area contributed by atoms with Crippen molar-refractivity contribution in [3.05, 3.63) is 77.5 Å². The van der Waals surface area contributed by atoms with Crippen LogP contribution in [0.4, 0.5) is 0 Å². The zero-order valence-corrected chi connectivity index (χ0v) is 15.6. The second kappa shape index (κ2) is 8.36. The molecule has 0 radical (unpaired) electrons. The highest BCUT2D eigenvalue weighted by molar-refractivity contribution is 5.92. The smallest absolute Gasteiger partial charge is 0.166 e. The molecule has 2 N–H and O–H groups in total. The molecule has 0 saturated carbocycles. The van der Waals surface area contributed by atoms with Crippen LogP contribution in [0.2, 0.25) is 0 Å². The van der Waals surface area contributed by atoms with E-state index in [4.69, 9.17) is 0 Å². The molecule has 1 atom stereocenters. The van der Waals surface area contributed by atoms with Crippen LogP contribution in [0.5, 0.6) is 0 Å². The summed E-state index contributed by atoms with van der Waals surface area (Å²) in [5.41, 5.74) is 5.77. The number of benzene rings is 2. The van der Waals surface area contributed by atoms with Crippen molar-refractivity contribution in [2.24, 2.45) is 0 Å². The lowest BCUT2D eigenvalue weighted by molar-refractivity contribution is 0.111. The third-order valence-electron chi connectivity index (χ3n) is 5.56. The van der Waals surface area contributed by atoms with Gasteiger partial charge >= 0.3 is 0 Å². The number of carbonyl (C=O) groups excluding carboxylic acids is 1. The molecule has 1 aromatic heterocycles. The number of aldehydes is 1. The molecule has 27 heavy (non-hydrogen) atoms. The summed E-state index contributed by atoms with van der Waals surface area (Å²) < 4.78 is 0. The molecule has 1 aliphatic heterocycles. The molecule has 1 unspecified atom stereocenters. The van der Waals surface area contributed by atoms with Gasteiger partial charge in [-0.2, -0.15) is 0 Å². The number of carbonyl (C=O) groups is 1. The lowest BCUT2D eigenvalue weighted by Crippen LogP contribution is -2.32. The quantitative estimate of drug-likeness (QED) is 0.454. The minimum atomic E-state index is 0.540. The van der Waals surface area contributed by atoms with Crippen LogP contribution in [0.25, 0.3) is 16.5 Å². The van der Waals surface area contributed by atoms with E-state index in [1.165, 1.54) is 28.5 Å². The van der Waals surface area contributed by atoms with Crippen molar-refractivity contribution < 1.29 is 4.79 Å². The number of hydrogen-bond acceptors (Lipinski definition) is 2. The van der Waals surface area contributed by atoms with Crippen molar-refractivity contribution in [3.63, 3.8) is 0 Å². The number of aryl methyl sites for hydroxylation is 1. The summed E-state index contributed by atoms with van der Waals surface area (Å²) in [6.45, 7) is 0.951. The molecule has 2 heterocycles. The van der Waals surface area contributed by atoms with E-state index in [-0.39, 0.29) is 0 Å². The molecule has 0 amide bonds. The molecule has 2 aromatic carbocycles. The Morgan fingerprint density at radius 1 is 1.00 bits per heavy atom. The average Bonchev–Trinajstić information content (AvgIpc) is 3.10. The zero-order valence-electron chi connectivity index (χ0n) is 15.6. The standard InChI is InChI=1S/C24H26N2O/c27-17-24-22(21-11-6-7-13-23(21)26-24)12-5-4-10-20-16-19(14-15-25-20)18-8-2-1-3-9-18/h1-3,6-9,11,13-14,17,20,25-26H,4-5,10,12,15-16H2. The molecule has 1 aliphatic rings. The van der Waals surface area contributed by atoms with Crippen LogP contribution < -0.4 is 5.32 Å². The van der Waals surface area contributed by atoms with Gasteiger partial charge in [0.25, 0.3) is 0 Å². The van der Waals surface area contributed by atoms with E-state index in [1.807, 2.05) is 18.2 Å². The number of hydrogen-bond donors (Lipinski definition) is 2. The van der Waals surface area contributed by atoms with Crippen LogP contribution in [0.3, 0.4) is 0 Å². The van der Waals surface area contributed by atoms with Gasteiger partial charge in [0.15, 0.2) is 6.29 Å². The lowest BCUT2D eigenvalue weighted by atomic mass is 9.92. The molecule has 0 spiro atoms. The van der Waals surface area contributed by atoms with Gasteiger partial charge in [0.1, 0.15) is 0 Å². The van der Waals surface area contributed by atoms with E-state index in [1.54, 1.807) is 0 Å². The zero-order chi connectivity index (χ0) is 18.5. The van der Waals surface area contributed by atoms with E-state index in [0.717, 1.165) is 49.7 Å². The van der Waals surface area contributed by atoms with Crippen molar-refractivity contribution >= 4 is 22.8 Å². The Bertz CT molecular complexity index is 939. The summed E-state index contributed by atoms with van der Waals surface area (Å²) >= 11 is 0. The Labute approximate surface area is 160 Å². The number of H-pyrrole nitrogens is 1. The largest absolute Gasteiger partial charge is 0.352 e. The van der Waals surface area contributed by atoms with Crippen LogP contribution in [0.1, 0.15) is 47.3 Å². The predicted octanol–water partition coefficient (Wildman–Crippen LogP) is 5.14. The summed E-state index contributed by atoms with van der Waals surface area (Å²) in [6.07, 6.45) is 8.75. The Hall–Kier alpha value is -2.65. The molecular weight excluding hydrogens is 332 g/mol. The molecule has 4 rings (SSSR count). The fourth-order valence-electron chi connectivity index (χ4n) is 4.15. The summed E-state index contributed by atoms with van der Waals surface area (Å²) in [7, 11) is 0. The van der Waals surface area contributed by atoms with Gasteiger partial charge in [0, 0.05) is 23.5 Å². The fourth-order valence-corrected chi connectivity index (χ4v) is 4.15. The first-order valence-electron chi connectivity index (χ1n) is 9.88. The Morgan fingerprint density at radius 3 is 2.67 bits per heavy atom. The molecule has 0 bridgehead atoms. The van der Waals surface area contributed by atoms with Crippen LogP contribution in [0, 0.1) is 0 Å². The number of nitrogens with one attached hydrogen (secondary N) is 2. The molecular formula is C24H26N2O. The van der Waals surface area contributed by atoms with Crippen molar-refractivity contribution in [1.29, 1.82) is 0 Å². The second-order valence-electron chi connectivity index (χ2n) is 7.33. The third-order valence-corrected chi connectivity index (χ3v) is 5.56. The first-order chi connectivity index (χ1) is 13.3. The maximum atomic E-state index is 11.4. The van der Waals surface area contributed by atoms with E-state index in [9.17, 15) is 4.79 Å². The predicted molar refractivity (Wildman–Crippen MR) is 112 cm³/mol. The molecule has 3 heteroatoms. The average molecular weight is 358 g/mol. The Kier molecular flexibility index (Phi) is 5.50. The van der Waals surface area contributed by atoms with Gasteiger partial charge in [0.05, 0.1) is 5.69 Å². The van der Waals surface area contributed by atoms with Gasteiger partial charge in [-0.15, -0.1) is 0 Å². The van der Waals surface area contributed by atoms with E-state index in [0.29, 0.717) is 6.04 Å². The van der Waals surface area contributed by atoms with Gasteiger partial charge in [0.2, 0.25) is 0 Å². The summed E-state index contributed by atoms with van der Waals surface area (Å²) in [5, 5.41) is 4.81. The minimum absolute atomic E-state index is 0.540. The molecule has 3 nitrogen and oxygen atoms in total. The number of unbranched alkanes of at least 4 members (excludes halogenated alkanes) is 1. The van der Waals surface area contributed by atoms with E-state index >= 15 is 0 Å². The summed E-state index contributed by atoms with van der Waals surface area (Å²) in [5.74, 6) is 0. The van der Waals surface area contributed by atoms with Gasteiger partial charge in [-0.05, 0) is 48.4 Å². The fraction of sp³-hybridized carbons (Fsp3) is 0.292. The van der Waals surface area contributed by atoms with E-state index in [2.05, 4.69) is 52.8 Å². The second-order valence-corrected chi connectivity index (χ2v) is 7.33. The number of aromatic nitrogens is 1. The minimum Gasteiger partial charge on any atom is -0.352 e. The third kappa shape index (κ3) is 4.04. The normalized spacial score (nSPS) is 17.0.